The third kappa shape index (κ3) is 2.87. The molecule has 0 N–H and O–H groups in total. The van der Waals surface area contributed by atoms with Gasteiger partial charge in [-0.2, -0.15) is 0 Å². The number of halogens is 1. The Morgan fingerprint density at radius 3 is 2.40 bits per heavy atom. The average Bonchev–Trinajstić information content (AvgIpc) is 2.63. The normalized spacial score (nSPS) is 11.1. The van der Waals surface area contributed by atoms with Crippen LogP contribution in [0.2, 0.25) is 5.02 Å². The van der Waals surface area contributed by atoms with Gasteiger partial charge in [-0.05, 0) is 48.2 Å². The number of aryl methyl sites for hydroxylation is 1. The lowest BCUT2D eigenvalue weighted by Gasteiger charge is -2.12. The lowest BCUT2D eigenvalue weighted by atomic mass is 10.0. The number of hydrogen-bond acceptors (Lipinski definition) is 3. The highest BCUT2D eigenvalue weighted by Gasteiger charge is 2.12. The number of benzene rings is 3. The van der Waals surface area contributed by atoms with E-state index in [1.165, 1.54) is 0 Å². The van der Waals surface area contributed by atoms with Gasteiger partial charge >= 0.3 is 5.63 Å². The first kappa shape index (κ1) is 15.7. The zero-order chi connectivity index (χ0) is 17.4. The third-order valence-corrected chi connectivity index (χ3v) is 4.55. The highest BCUT2D eigenvalue weighted by molar-refractivity contribution is 6.30. The summed E-state index contributed by atoms with van der Waals surface area (Å²) in [5.41, 5.74) is 2.07. The van der Waals surface area contributed by atoms with E-state index in [0.29, 0.717) is 28.3 Å². The fraction of sp³-hybridized carbons (Fsp3) is 0.0952. The van der Waals surface area contributed by atoms with Gasteiger partial charge in [0.15, 0.2) is 0 Å². The number of ether oxygens (including phenoxy) is 1. The van der Waals surface area contributed by atoms with Crippen molar-refractivity contribution in [2.24, 2.45) is 0 Å². The molecule has 0 saturated carbocycles. The second-order valence-electron chi connectivity index (χ2n) is 5.92. The zero-order valence-electron chi connectivity index (χ0n) is 13.6. The Morgan fingerprint density at radius 1 is 0.920 bits per heavy atom. The molecule has 0 amide bonds. The molecule has 0 aliphatic heterocycles. The van der Waals surface area contributed by atoms with E-state index in [1.807, 2.05) is 61.5 Å². The van der Waals surface area contributed by atoms with Gasteiger partial charge in [0.2, 0.25) is 0 Å². The summed E-state index contributed by atoms with van der Waals surface area (Å²) in [5, 5.41) is 3.08. The van der Waals surface area contributed by atoms with Crippen molar-refractivity contribution in [2.45, 2.75) is 13.5 Å². The molecule has 0 aliphatic carbocycles. The molecule has 0 aliphatic rings. The molecule has 4 rings (SSSR count). The Bertz CT molecular complexity index is 1130. The maximum Gasteiger partial charge on any atom is 0.344 e. The molecule has 0 fully saturated rings. The van der Waals surface area contributed by atoms with Crippen LogP contribution in [0.15, 0.2) is 69.9 Å². The van der Waals surface area contributed by atoms with E-state index in [1.54, 1.807) is 6.07 Å². The summed E-state index contributed by atoms with van der Waals surface area (Å²) in [6.45, 7) is 2.32. The molecule has 3 aromatic carbocycles. The second-order valence-corrected chi connectivity index (χ2v) is 6.35. The van der Waals surface area contributed by atoms with Crippen LogP contribution < -0.4 is 10.4 Å². The lowest BCUT2D eigenvalue weighted by Crippen LogP contribution is -2.02. The topological polar surface area (TPSA) is 39.4 Å². The van der Waals surface area contributed by atoms with Crippen LogP contribution in [0, 0.1) is 6.92 Å². The van der Waals surface area contributed by atoms with Gasteiger partial charge in [-0.15, -0.1) is 0 Å². The molecule has 1 aromatic heterocycles. The fourth-order valence-electron chi connectivity index (χ4n) is 2.96. The van der Waals surface area contributed by atoms with E-state index >= 15 is 0 Å². The quantitative estimate of drug-likeness (QED) is 0.362. The molecule has 4 heteroatoms. The highest BCUT2D eigenvalue weighted by atomic mass is 35.5. The van der Waals surface area contributed by atoms with Gasteiger partial charge in [0.1, 0.15) is 17.9 Å². The summed E-state index contributed by atoms with van der Waals surface area (Å²) in [6, 6.07) is 18.8. The highest BCUT2D eigenvalue weighted by Crippen LogP contribution is 2.31. The Labute approximate surface area is 149 Å². The van der Waals surface area contributed by atoms with Crippen LogP contribution in [0.4, 0.5) is 0 Å². The first-order valence-electron chi connectivity index (χ1n) is 7.96. The number of fused-ring (bicyclic) bond motifs is 3. The standard InChI is InChI=1S/C21H15ClO3/c1-13-19(24-12-14-6-8-15(22)9-7-14)11-10-17-16-4-2-3-5-18(16)21(23)25-20(13)17/h2-11H,12H2,1H3. The van der Waals surface area contributed by atoms with Crippen molar-refractivity contribution in [3.63, 3.8) is 0 Å². The SMILES string of the molecule is Cc1c(OCc2ccc(Cl)cc2)ccc2c1oc(=O)c1ccccc12. The van der Waals surface area contributed by atoms with E-state index in [9.17, 15) is 4.79 Å². The first-order valence-corrected chi connectivity index (χ1v) is 8.34. The van der Waals surface area contributed by atoms with E-state index in [0.717, 1.165) is 21.9 Å². The van der Waals surface area contributed by atoms with Crippen molar-refractivity contribution >= 4 is 33.3 Å². The maximum atomic E-state index is 12.2. The molecule has 3 nitrogen and oxygen atoms in total. The van der Waals surface area contributed by atoms with Gasteiger partial charge < -0.3 is 9.15 Å². The van der Waals surface area contributed by atoms with E-state index < -0.39 is 0 Å². The maximum absolute atomic E-state index is 12.2. The van der Waals surface area contributed by atoms with Crippen molar-refractivity contribution < 1.29 is 9.15 Å². The molecule has 124 valence electrons. The van der Waals surface area contributed by atoms with E-state index in [2.05, 4.69) is 0 Å². The molecule has 1 heterocycles. The van der Waals surface area contributed by atoms with Crippen molar-refractivity contribution in [1.29, 1.82) is 0 Å². The van der Waals surface area contributed by atoms with Crippen LogP contribution in [-0.2, 0) is 6.61 Å². The number of hydrogen-bond donors (Lipinski definition) is 0. The summed E-state index contributed by atoms with van der Waals surface area (Å²) in [7, 11) is 0. The van der Waals surface area contributed by atoms with Gasteiger partial charge in [0.05, 0.1) is 5.39 Å². The Morgan fingerprint density at radius 2 is 1.64 bits per heavy atom. The lowest BCUT2D eigenvalue weighted by molar-refractivity contribution is 0.304. The van der Waals surface area contributed by atoms with Crippen LogP contribution in [0.1, 0.15) is 11.1 Å². The summed E-state index contributed by atoms with van der Waals surface area (Å²) in [6.07, 6.45) is 0. The smallest absolute Gasteiger partial charge is 0.344 e. The van der Waals surface area contributed by atoms with Crippen LogP contribution in [0.25, 0.3) is 21.7 Å². The van der Waals surface area contributed by atoms with Crippen molar-refractivity contribution in [3.8, 4) is 5.75 Å². The van der Waals surface area contributed by atoms with E-state index in [4.69, 9.17) is 20.8 Å². The molecular formula is C21H15ClO3. The summed E-state index contributed by atoms with van der Waals surface area (Å²) >= 11 is 5.90. The molecule has 0 atom stereocenters. The molecule has 0 unspecified atom stereocenters. The van der Waals surface area contributed by atoms with Crippen molar-refractivity contribution in [2.75, 3.05) is 0 Å². The summed E-state index contributed by atoms with van der Waals surface area (Å²) < 4.78 is 11.5. The number of rotatable bonds is 3. The molecular weight excluding hydrogens is 336 g/mol. The van der Waals surface area contributed by atoms with Gasteiger partial charge in [0, 0.05) is 16.0 Å². The molecule has 25 heavy (non-hydrogen) atoms. The van der Waals surface area contributed by atoms with Gasteiger partial charge in [-0.25, -0.2) is 4.79 Å². The van der Waals surface area contributed by atoms with Crippen molar-refractivity contribution in [3.05, 3.63) is 87.2 Å². The predicted molar refractivity (Wildman–Crippen MR) is 101 cm³/mol. The van der Waals surface area contributed by atoms with E-state index in [-0.39, 0.29) is 5.63 Å². The third-order valence-electron chi connectivity index (χ3n) is 4.30. The minimum Gasteiger partial charge on any atom is -0.488 e. The first-order chi connectivity index (χ1) is 12.1. The summed E-state index contributed by atoms with van der Waals surface area (Å²) in [5.74, 6) is 0.695. The van der Waals surface area contributed by atoms with Crippen LogP contribution in [-0.4, -0.2) is 0 Å². The molecule has 4 aromatic rings. The van der Waals surface area contributed by atoms with Crippen molar-refractivity contribution in [1.82, 2.24) is 0 Å². The van der Waals surface area contributed by atoms with Gasteiger partial charge in [-0.1, -0.05) is 41.9 Å². The second kappa shape index (κ2) is 6.26. The molecule has 0 bridgehead atoms. The van der Waals surface area contributed by atoms with Crippen LogP contribution >= 0.6 is 11.6 Å². The average molecular weight is 351 g/mol. The van der Waals surface area contributed by atoms with Gasteiger partial charge in [0.25, 0.3) is 0 Å². The zero-order valence-corrected chi connectivity index (χ0v) is 14.3. The monoisotopic (exact) mass is 350 g/mol. The Hall–Kier alpha value is -2.78. The molecule has 0 spiro atoms. The van der Waals surface area contributed by atoms with Crippen LogP contribution in [0.5, 0.6) is 5.75 Å². The predicted octanol–water partition coefficient (Wildman–Crippen LogP) is 5.49. The molecule has 0 saturated heterocycles. The molecule has 0 radical (unpaired) electrons. The minimum atomic E-state index is -0.332. The van der Waals surface area contributed by atoms with Crippen LogP contribution in [0.3, 0.4) is 0 Å². The Balaban J connectivity index is 1.76. The largest absolute Gasteiger partial charge is 0.488 e. The van der Waals surface area contributed by atoms with Gasteiger partial charge in [-0.3, -0.25) is 0 Å². The summed E-state index contributed by atoms with van der Waals surface area (Å²) in [4.78, 5) is 12.2. The fourth-order valence-corrected chi connectivity index (χ4v) is 3.08. The minimum absolute atomic E-state index is 0.332. The Kier molecular flexibility index (Phi) is 3.94.